The molecule has 2 heterocycles. The molecule has 0 fully saturated rings. The Bertz CT molecular complexity index is 793. The van der Waals surface area contributed by atoms with E-state index in [1.807, 2.05) is 17.5 Å². The van der Waals surface area contributed by atoms with Crippen LogP contribution in [0.2, 0.25) is 0 Å². The Hall–Kier alpha value is -1.59. The van der Waals surface area contributed by atoms with Crippen LogP contribution in [0.15, 0.2) is 51.7 Å². The number of aromatic nitrogens is 2. The molecule has 0 bridgehead atoms. The lowest BCUT2D eigenvalue weighted by molar-refractivity contribution is 0.727. The highest BCUT2D eigenvalue weighted by Crippen LogP contribution is 2.21. The molecular weight excluding hydrogens is 300 g/mol. The van der Waals surface area contributed by atoms with Crippen LogP contribution in [0.4, 0.5) is 0 Å². The Morgan fingerprint density at radius 2 is 2.05 bits per heavy atom. The van der Waals surface area contributed by atoms with E-state index in [-0.39, 0.29) is 5.56 Å². The van der Waals surface area contributed by atoms with E-state index in [1.165, 1.54) is 16.9 Å². The first-order valence-corrected chi connectivity index (χ1v) is 8.73. The van der Waals surface area contributed by atoms with E-state index < -0.39 is 0 Å². The van der Waals surface area contributed by atoms with Crippen LogP contribution in [-0.4, -0.2) is 15.3 Å². The first-order valence-electron chi connectivity index (χ1n) is 6.86. The predicted octanol–water partition coefficient (Wildman–Crippen LogP) is 3.72. The highest BCUT2D eigenvalue weighted by molar-refractivity contribution is 7.99. The van der Waals surface area contributed by atoms with E-state index >= 15 is 0 Å². The number of thiophene rings is 1. The van der Waals surface area contributed by atoms with Gasteiger partial charge in [0.05, 0.1) is 5.39 Å². The maximum absolute atomic E-state index is 12.2. The van der Waals surface area contributed by atoms with Gasteiger partial charge in [0.15, 0.2) is 5.16 Å². The second kappa shape index (κ2) is 6.45. The van der Waals surface area contributed by atoms with Gasteiger partial charge in [-0.25, -0.2) is 4.98 Å². The monoisotopic (exact) mass is 316 g/mol. The fourth-order valence-electron chi connectivity index (χ4n) is 2.19. The zero-order valence-corrected chi connectivity index (χ0v) is 13.4. The molecule has 0 N–H and O–H groups in total. The lowest BCUT2D eigenvalue weighted by Crippen LogP contribution is -2.19. The van der Waals surface area contributed by atoms with Crippen molar-refractivity contribution in [2.24, 2.45) is 7.05 Å². The van der Waals surface area contributed by atoms with Gasteiger partial charge in [0, 0.05) is 12.8 Å². The Kier molecular flexibility index (Phi) is 4.41. The van der Waals surface area contributed by atoms with Crippen LogP contribution in [0.25, 0.3) is 10.2 Å². The maximum Gasteiger partial charge on any atom is 0.262 e. The molecule has 0 aliphatic carbocycles. The minimum absolute atomic E-state index is 0.0480. The Labute approximate surface area is 131 Å². The van der Waals surface area contributed by atoms with Crippen molar-refractivity contribution in [3.05, 3.63) is 57.7 Å². The van der Waals surface area contributed by atoms with Crippen molar-refractivity contribution >= 4 is 33.3 Å². The van der Waals surface area contributed by atoms with Crippen LogP contribution < -0.4 is 5.56 Å². The SMILES string of the molecule is Cn1c(SCCCc2ccccc2)nc2sccc2c1=O. The number of aryl methyl sites for hydroxylation is 1. The fourth-order valence-corrected chi connectivity index (χ4v) is 3.91. The lowest BCUT2D eigenvalue weighted by Gasteiger charge is -2.07. The zero-order chi connectivity index (χ0) is 14.7. The summed E-state index contributed by atoms with van der Waals surface area (Å²) in [5.74, 6) is 0.964. The molecule has 3 nitrogen and oxygen atoms in total. The van der Waals surface area contributed by atoms with Crippen molar-refractivity contribution in [3.8, 4) is 0 Å². The largest absolute Gasteiger partial charge is 0.290 e. The molecule has 3 rings (SSSR count). The second-order valence-electron chi connectivity index (χ2n) is 4.84. The molecule has 21 heavy (non-hydrogen) atoms. The minimum Gasteiger partial charge on any atom is -0.290 e. The number of hydrogen-bond donors (Lipinski definition) is 0. The predicted molar refractivity (Wildman–Crippen MR) is 90.3 cm³/mol. The van der Waals surface area contributed by atoms with Crippen LogP contribution in [0, 0.1) is 0 Å². The highest BCUT2D eigenvalue weighted by atomic mass is 32.2. The molecule has 0 aliphatic rings. The van der Waals surface area contributed by atoms with Crippen molar-refractivity contribution < 1.29 is 0 Å². The molecule has 0 amide bonds. The van der Waals surface area contributed by atoms with Crippen LogP contribution in [0.5, 0.6) is 0 Å². The third-order valence-electron chi connectivity index (χ3n) is 3.35. The summed E-state index contributed by atoms with van der Waals surface area (Å²) in [6.07, 6.45) is 2.13. The molecule has 0 atom stereocenters. The molecule has 0 radical (unpaired) electrons. The summed E-state index contributed by atoms with van der Waals surface area (Å²) in [5.41, 5.74) is 1.40. The van der Waals surface area contributed by atoms with Gasteiger partial charge in [-0.15, -0.1) is 11.3 Å². The Morgan fingerprint density at radius 1 is 1.24 bits per heavy atom. The molecule has 0 spiro atoms. The van der Waals surface area contributed by atoms with E-state index in [1.54, 1.807) is 23.4 Å². The molecule has 0 saturated carbocycles. The smallest absolute Gasteiger partial charge is 0.262 e. The van der Waals surface area contributed by atoms with Gasteiger partial charge in [-0.1, -0.05) is 42.1 Å². The van der Waals surface area contributed by atoms with Gasteiger partial charge in [0.1, 0.15) is 4.83 Å². The number of fused-ring (bicyclic) bond motifs is 1. The number of hydrogen-bond acceptors (Lipinski definition) is 4. The molecule has 2 aromatic heterocycles. The van der Waals surface area contributed by atoms with Gasteiger partial charge in [0.2, 0.25) is 0 Å². The summed E-state index contributed by atoms with van der Waals surface area (Å²) in [7, 11) is 1.80. The summed E-state index contributed by atoms with van der Waals surface area (Å²) in [6.45, 7) is 0. The van der Waals surface area contributed by atoms with Crippen molar-refractivity contribution in [3.63, 3.8) is 0 Å². The average molecular weight is 316 g/mol. The van der Waals surface area contributed by atoms with Crippen molar-refractivity contribution in [1.29, 1.82) is 0 Å². The van der Waals surface area contributed by atoms with Gasteiger partial charge in [-0.3, -0.25) is 9.36 Å². The summed E-state index contributed by atoms with van der Waals surface area (Å²) < 4.78 is 1.65. The van der Waals surface area contributed by atoms with Gasteiger partial charge < -0.3 is 0 Å². The average Bonchev–Trinajstić information content (AvgIpc) is 2.98. The molecule has 108 valence electrons. The Balaban J connectivity index is 1.65. The van der Waals surface area contributed by atoms with Gasteiger partial charge in [-0.2, -0.15) is 0 Å². The Morgan fingerprint density at radius 3 is 2.86 bits per heavy atom. The minimum atomic E-state index is 0.0480. The topological polar surface area (TPSA) is 34.9 Å². The maximum atomic E-state index is 12.2. The standard InChI is InChI=1S/C16H16N2OS2/c1-18-15(19)13-9-11-20-14(13)17-16(18)21-10-5-8-12-6-3-2-4-7-12/h2-4,6-7,9,11H,5,8,10H2,1H3. The molecule has 0 aliphatic heterocycles. The molecule has 5 heteroatoms. The second-order valence-corrected chi connectivity index (χ2v) is 6.79. The van der Waals surface area contributed by atoms with Crippen molar-refractivity contribution in [2.75, 3.05) is 5.75 Å². The third kappa shape index (κ3) is 3.19. The number of nitrogens with zero attached hydrogens (tertiary/aromatic N) is 2. The van der Waals surface area contributed by atoms with Gasteiger partial charge >= 0.3 is 0 Å². The summed E-state index contributed by atoms with van der Waals surface area (Å²) in [6, 6.07) is 12.3. The van der Waals surface area contributed by atoms with E-state index in [4.69, 9.17) is 0 Å². The quantitative estimate of drug-likeness (QED) is 0.409. The van der Waals surface area contributed by atoms with E-state index in [2.05, 4.69) is 29.2 Å². The molecule has 3 aromatic rings. The molecular formula is C16H16N2OS2. The molecule has 0 unspecified atom stereocenters. The summed E-state index contributed by atoms with van der Waals surface area (Å²) in [4.78, 5) is 17.6. The zero-order valence-electron chi connectivity index (χ0n) is 11.8. The molecule has 0 saturated heterocycles. The van der Waals surface area contributed by atoms with Crippen molar-refractivity contribution in [2.45, 2.75) is 18.0 Å². The van der Waals surface area contributed by atoms with Crippen LogP contribution >= 0.6 is 23.1 Å². The summed E-state index contributed by atoms with van der Waals surface area (Å²) in [5, 5.41) is 3.45. The van der Waals surface area contributed by atoms with E-state index in [0.29, 0.717) is 0 Å². The van der Waals surface area contributed by atoms with Crippen LogP contribution in [0.3, 0.4) is 0 Å². The summed E-state index contributed by atoms with van der Waals surface area (Å²) >= 11 is 3.18. The lowest BCUT2D eigenvalue weighted by atomic mass is 10.1. The van der Waals surface area contributed by atoms with Crippen molar-refractivity contribution in [1.82, 2.24) is 9.55 Å². The normalized spacial score (nSPS) is 11.1. The molecule has 1 aromatic carbocycles. The van der Waals surface area contributed by atoms with Crippen LogP contribution in [0.1, 0.15) is 12.0 Å². The van der Waals surface area contributed by atoms with Crippen LogP contribution in [-0.2, 0) is 13.5 Å². The third-order valence-corrected chi connectivity index (χ3v) is 5.27. The van der Waals surface area contributed by atoms with Gasteiger partial charge in [0.25, 0.3) is 5.56 Å². The van der Waals surface area contributed by atoms with E-state index in [0.717, 1.165) is 34.0 Å². The first-order chi connectivity index (χ1) is 10.3. The fraction of sp³-hybridized carbons (Fsp3) is 0.250. The first kappa shape index (κ1) is 14.4. The van der Waals surface area contributed by atoms with E-state index in [9.17, 15) is 4.79 Å². The number of rotatable bonds is 5. The number of thioether (sulfide) groups is 1. The highest BCUT2D eigenvalue weighted by Gasteiger charge is 2.09. The van der Waals surface area contributed by atoms with Gasteiger partial charge in [-0.05, 0) is 29.9 Å². The number of benzene rings is 1.